The molecular formula is C18H25N3O2. The highest BCUT2D eigenvalue weighted by molar-refractivity contribution is 5.83. The maximum absolute atomic E-state index is 5.60. The number of aryl methyl sites for hydroxylation is 1. The van der Waals surface area contributed by atoms with Crippen LogP contribution in [-0.2, 0) is 11.2 Å². The molecule has 0 spiro atoms. The maximum Gasteiger partial charge on any atom is 0.169 e. The van der Waals surface area contributed by atoms with Gasteiger partial charge in [-0.3, -0.25) is 0 Å². The number of rotatable bonds is 4. The van der Waals surface area contributed by atoms with Gasteiger partial charge in [0.05, 0.1) is 18.9 Å². The summed E-state index contributed by atoms with van der Waals surface area (Å²) in [6.45, 7) is 5.82. The molecule has 0 unspecified atom stereocenters. The molecule has 2 fully saturated rings. The minimum Gasteiger partial charge on any atom is -0.378 e. The number of anilines is 1. The van der Waals surface area contributed by atoms with Gasteiger partial charge in [-0.15, -0.1) is 0 Å². The van der Waals surface area contributed by atoms with Crippen molar-refractivity contribution in [2.45, 2.75) is 25.7 Å². The average Bonchev–Trinajstić information content (AvgIpc) is 3.04. The highest BCUT2D eigenvalue weighted by atomic mass is 16.5. The van der Waals surface area contributed by atoms with Gasteiger partial charge in [-0.05, 0) is 56.8 Å². The zero-order valence-corrected chi connectivity index (χ0v) is 13.6. The molecule has 0 saturated carbocycles. The summed E-state index contributed by atoms with van der Waals surface area (Å²) in [5.74, 6) is 0.829. The molecule has 2 aromatic rings. The number of morpholine rings is 1. The number of ether oxygens (including phenoxy) is 1. The van der Waals surface area contributed by atoms with Crippen molar-refractivity contribution in [1.29, 1.82) is 0 Å². The van der Waals surface area contributed by atoms with E-state index < -0.39 is 0 Å². The Morgan fingerprint density at radius 2 is 2.00 bits per heavy atom. The van der Waals surface area contributed by atoms with Gasteiger partial charge in [0.25, 0.3) is 0 Å². The highest BCUT2D eigenvalue weighted by Crippen LogP contribution is 2.27. The fourth-order valence-corrected chi connectivity index (χ4v) is 3.69. The Morgan fingerprint density at radius 3 is 2.83 bits per heavy atom. The van der Waals surface area contributed by atoms with Crippen LogP contribution in [0.5, 0.6) is 0 Å². The van der Waals surface area contributed by atoms with E-state index in [4.69, 9.17) is 9.26 Å². The summed E-state index contributed by atoms with van der Waals surface area (Å²) in [4.78, 5) is 2.35. The molecule has 124 valence electrons. The van der Waals surface area contributed by atoms with E-state index in [0.29, 0.717) is 0 Å². The molecule has 0 bridgehead atoms. The molecule has 4 rings (SSSR count). The lowest BCUT2D eigenvalue weighted by molar-refractivity contribution is 0.122. The third-order valence-electron chi connectivity index (χ3n) is 5.15. The van der Waals surface area contributed by atoms with Crippen LogP contribution in [0.4, 0.5) is 5.69 Å². The average molecular weight is 315 g/mol. The van der Waals surface area contributed by atoms with Crippen LogP contribution in [0.15, 0.2) is 22.7 Å². The summed E-state index contributed by atoms with van der Waals surface area (Å²) in [5.41, 5.74) is 3.24. The minimum atomic E-state index is 0.802. The second-order valence-corrected chi connectivity index (χ2v) is 6.64. The van der Waals surface area contributed by atoms with Crippen LogP contribution in [0.2, 0.25) is 0 Å². The molecule has 5 nitrogen and oxygen atoms in total. The molecule has 2 aliphatic rings. The van der Waals surface area contributed by atoms with Gasteiger partial charge in [0.1, 0.15) is 0 Å². The van der Waals surface area contributed by atoms with Gasteiger partial charge in [-0.2, -0.15) is 0 Å². The van der Waals surface area contributed by atoms with Crippen LogP contribution in [0.1, 0.15) is 25.0 Å². The highest BCUT2D eigenvalue weighted by Gasteiger charge is 2.17. The van der Waals surface area contributed by atoms with Crippen LogP contribution in [0.3, 0.4) is 0 Å². The number of hydrogen-bond acceptors (Lipinski definition) is 5. The molecule has 0 aliphatic carbocycles. The number of nitrogens with zero attached hydrogens (tertiary/aromatic N) is 2. The molecule has 5 heteroatoms. The van der Waals surface area contributed by atoms with E-state index in [-0.39, 0.29) is 0 Å². The van der Waals surface area contributed by atoms with Gasteiger partial charge in [-0.25, -0.2) is 0 Å². The molecule has 0 radical (unpaired) electrons. The maximum atomic E-state index is 5.60. The third kappa shape index (κ3) is 3.35. The fraction of sp³-hybridized carbons (Fsp3) is 0.611. The molecular weight excluding hydrogens is 290 g/mol. The van der Waals surface area contributed by atoms with Crippen molar-refractivity contribution in [1.82, 2.24) is 10.5 Å². The standard InChI is InChI=1S/C18H25N3O2/c1(14-5-7-19-8-6-14)4-17-16-3-2-15(13-18(16)23-20-17)21-9-11-22-12-10-21/h2-3,13-14,19H,1,4-12H2. The van der Waals surface area contributed by atoms with Crippen LogP contribution in [0, 0.1) is 5.92 Å². The second-order valence-electron chi connectivity index (χ2n) is 6.64. The van der Waals surface area contributed by atoms with Crippen LogP contribution < -0.4 is 10.2 Å². The molecule has 1 N–H and O–H groups in total. The van der Waals surface area contributed by atoms with Crippen molar-refractivity contribution in [3.8, 4) is 0 Å². The molecule has 1 aromatic carbocycles. The SMILES string of the molecule is c1cc2c(CCC3CCNCC3)noc2cc1N1CCOCC1. The van der Waals surface area contributed by atoms with E-state index in [2.05, 4.69) is 33.6 Å². The van der Waals surface area contributed by atoms with Crippen molar-refractivity contribution >= 4 is 16.7 Å². The molecule has 0 atom stereocenters. The van der Waals surface area contributed by atoms with Gasteiger partial charge < -0.3 is 19.5 Å². The third-order valence-corrected chi connectivity index (χ3v) is 5.15. The van der Waals surface area contributed by atoms with E-state index in [1.165, 1.54) is 30.3 Å². The van der Waals surface area contributed by atoms with Crippen LogP contribution in [0.25, 0.3) is 11.0 Å². The first kappa shape index (κ1) is 15.0. The first-order valence-corrected chi connectivity index (χ1v) is 8.82. The van der Waals surface area contributed by atoms with Gasteiger partial charge >= 0.3 is 0 Å². The zero-order valence-electron chi connectivity index (χ0n) is 13.6. The topological polar surface area (TPSA) is 50.5 Å². The van der Waals surface area contributed by atoms with Gasteiger partial charge in [0.2, 0.25) is 0 Å². The zero-order chi connectivity index (χ0) is 15.5. The predicted molar refractivity (Wildman–Crippen MR) is 91.0 cm³/mol. The Bertz CT molecular complexity index is 643. The van der Waals surface area contributed by atoms with E-state index in [9.17, 15) is 0 Å². The molecule has 1 aromatic heterocycles. The molecule has 23 heavy (non-hydrogen) atoms. The smallest absolute Gasteiger partial charge is 0.169 e. The minimum absolute atomic E-state index is 0.802. The Hall–Kier alpha value is -1.59. The molecule has 2 aliphatic heterocycles. The van der Waals surface area contributed by atoms with Crippen molar-refractivity contribution in [3.05, 3.63) is 23.9 Å². The van der Waals surface area contributed by atoms with Crippen molar-refractivity contribution in [2.24, 2.45) is 5.92 Å². The monoisotopic (exact) mass is 315 g/mol. The summed E-state index contributed by atoms with van der Waals surface area (Å²) >= 11 is 0. The molecule has 3 heterocycles. The fourth-order valence-electron chi connectivity index (χ4n) is 3.69. The normalized spacial score (nSPS) is 20.3. The number of hydrogen-bond donors (Lipinski definition) is 1. The Labute approximate surface area is 137 Å². The number of nitrogens with one attached hydrogen (secondary N) is 1. The van der Waals surface area contributed by atoms with Crippen LogP contribution in [-0.4, -0.2) is 44.5 Å². The number of piperidine rings is 1. The lowest BCUT2D eigenvalue weighted by Gasteiger charge is -2.28. The Kier molecular flexibility index (Phi) is 4.48. The molecule has 0 amide bonds. The van der Waals surface area contributed by atoms with Crippen molar-refractivity contribution in [2.75, 3.05) is 44.3 Å². The van der Waals surface area contributed by atoms with Crippen molar-refractivity contribution in [3.63, 3.8) is 0 Å². The summed E-state index contributed by atoms with van der Waals surface area (Å²) in [6.07, 6.45) is 4.82. The van der Waals surface area contributed by atoms with Crippen molar-refractivity contribution < 1.29 is 9.26 Å². The first-order valence-electron chi connectivity index (χ1n) is 8.82. The molecule has 2 saturated heterocycles. The summed E-state index contributed by atoms with van der Waals surface area (Å²) < 4.78 is 11.0. The van der Waals surface area contributed by atoms with Gasteiger partial charge in [0, 0.05) is 30.2 Å². The largest absolute Gasteiger partial charge is 0.378 e. The van der Waals surface area contributed by atoms with E-state index >= 15 is 0 Å². The first-order chi connectivity index (χ1) is 11.4. The van der Waals surface area contributed by atoms with E-state index in [0.717, 1.165) is 63.0 Å². The van der Waals surface area contributed by atoms with Gasteiger partial charge in [0.15, 0.2) is 5.58 Å². The number of fused-ring (bicyclic) bond motifs is 1. The number of aromatic nitrogens is 1. The summed E-state index contributed by atoms with van der Waals surface area (Å²) in [5, 5.41) is 8.94. The quantitative estimate of drug-likeness (QED) is 0.940. The lowest BCUT2D eigenvalue weighted by atomic mass is 9.92. The van der Waals surface area contributed by atoms with E-state index in [1.807, 2.05) is 0 Å². The summed E-state index contributed by atoms with van der Waals surface area (Å²) in [7, 11) is 0. The lowest BCUT2D eigenvalue weighted by Crippen LogP contribution is -2.36. The predicted octanol–water partition coefficient (Wildman–Crippen LogP) is 2.60. The van der Waals surface area contributed by atoms with Gasteiger partial charge in [-0.1, -0.05) is 5.16 Å². The number of benzene rings is 1. The Morgan fingerprint density at radius 1 is 1.17 bits per heavy atom. The second kappa shape index (κ2) is 6.89. The van der Waals surface area contributed by atoms with E-state index in [1.54, 1.807) is 0 Å². The van der Waals surface area contributed by atoms with Crippen LogP contribution >= 0.6 is 0 Å². The summed E-state index contributed by atoms with van der Waals surface area (Å²) in [6, 6.07) is 6.49. The Balaban J connectivity index is 1.46.